The van der Waals surface area contributed by atoms with Gasteiger partial charge in [0, 0.05) is 12.5 Å². The van der Waals surface area contributed by atoms with Crippen molar-refractivity contribution < 1.29 is 4.74 Å². The standard InChI is InChI=1S/C13H17ClN2O/c1-9-7-13(17-3)11(14)8-10(9)12(16-2)5-4-6-15/h7-8,12,16H,4-5H2,1-3H3. The Morgan fingerprint density at radius 3 is 2.76 bits per heavy atom. The van der Waals surface area contributed by atoms with Crippen LogP contribution in [0, 0.1) is 18.3 Å². The number of hydrogen-bond acceptors (Lipinski definition) is 3. The molecule has 0 radical (unpaired) electrons. The Hall–Kier alpha value is -1.24. The predicted octanol–water partition coefficient (Wildman–Crippen LogP) is 3.22. The van der Waals surface area contributed by atoms with Crippen molar-refractivity contribution in [3.8, 4) is 11.8 Å². The van der Waals surface area contributed by atoms with Gasteiger partial charge in [-0.2, -0.15) is 5.26 Å². The molecule has 17 heavy (non-hydrogen) atoms. The maximum absolute atomic E-state index is 8.64. The molecule has 0 spiro atoms. The minimum Gasteiger partial charge on any atom is -0.495 e. The molecule has 1 N–H and O–H groups in total. The lowest BCUT2D eigenvalue weighted by molar-refractivity contribution is 0.414. The van der Waals surface area contributed by atoms with E-state index < -0.39 is 0 Å². The van der Waals surface area contributed by atoms with Crippen molar-refractivity contribution >= 4 is 11.6 Å². The molecule has 4 heteroatoms. The number of nitrogens with zero attached hydrogens (tertiary/aromatic N) is 1. The molecule has 0 heterocycles. The molecule has 92 valence electrons. The van der Waals surface area contributed by atoms with E-state index in [0.717, 1.165) is 17.5 Å². The smallest absolute Gasteiger partial charge is 0.137 e. The highest BCUT2D eigenvalue weighted by molar-refractivity contribution is 6.32. The van der Waals surface area contributed by atoms with Gasteiger partial charge in [-0.15, -0.1) is 0 Å². The summed E-state index contributed by atoms with van der Waals surface area (Å²) in [5.41, 5.74) is 2.23. The lowest BCUT2D eigenvalue weighted by Crippen LogP contribution is -2.17. The van der Waals surface area contributed by atoms with Crippen LogP contribution in [0.4, 0.5) is 0 Å². The Balaban J connectivity index is 3.04. The Kier molecular flexibility index (Phi) is 5.27. The lowest BCUT2D eigenvalue weighted by atomic mass is 9.97. The summed E-state index contributed by atoms with van der Waals surface area (Å²) in [5, 5.41) is 12.5. The van der Waals surface area contributed by atoms with E-state index in [1.54, 1.807) is 7.11 Å². The molecular weight excluding hydrogens is 236 g/mol. The van der Waals surface area contributed by atoms with Gasteiger partial charge in [0.2, 0.25) is 0 Å². The van der Waals surface area contributed by atoms with Gasteiger partial charge in [0.15, 0.2) is 0 Å². The minimum absolute atomic E-state index is 0.151. The number of nitriles is 1. The van der Waals surface area contributed by atoms with Gasteiger partial charge in [-0.1, -0.05) is 11.6 Å². The minimum atomic E-state index is 0.151. The number of methoxy groups -OCH3 is 1. The second kappa shape index (κ2) is 6.48. The summed E-state index contributed by atoms with van der Waals surface area (Å²) in [4.78, 5) is 0. The molecule has 0 bridgehead atoms. The highest BCUT2D eigenvalue weighted by Gasteiger charge is 2.14. The van der Waals surface area contributed by atoms with Crippen LogP contribution in [0.25, 0.3) is 0 Å². The molecule has 1 unspecified atom stereocenters. The molecule has 0 aliphatic rings. The summed E-state index contributed by atoms with van der Waals surface area (Å²) < 4.78 is 5.17. The average molecular weight is 253 g/mol. The van der Waals surface area contributed by atoms with Gasteiger partial charge >= 0.3 is 0 Å². The Morgan fingerprint density at radius 1 is 1.53 bits per heavy atom. The van der Waals surface area contributed by atoms with Crippen LogP contribution in [-0.4, -0.2) is 14.2 Å². The van der Waals surface area contributed by atoms with Crippen molar-refractivity contribution in [2.75, 3.05) is 14.2 Å². The largest absolute Gasteiger partial charge is 0.495 e. The van der Waals surface area contributed by atoms with Gasteiger partial charge in [0.1, 0.15) is 5.75 Å². The molecule has 0 aromatic heterocycles. The van der Waals surface area contributed by atoms with Crippen molar-refractivity contribution in [3.63, 3.8) is 0 Å². The van der Waals surface area contributed by atoms with E-state index in [0.29, 0.717) is 17.2 Å². The zero-order chi connectivity index (χ0) is 12.8. The molecule has 0 fully saturated rings. The summed E-state index contributed by atoms with van der Waals surface area (Å²) in [6.07, 6.45) is 1.30. The first-order valence-corrected chi connectivity index (χ1v) is 5.90. The summed E-state index contributed by atoms with van der Waals surface area (Å²) in [6.45, 7) is 2.02. The summed E-state index contributed by atoms with van der Waals surface area (Å²) in [7, 11) is 3.49. The first-order chi connectivity index (χ1) is 8.13. The lowest BCUT2D eigenvalue weighted by Gasteiger charge is -2.19. The Morgan fingerprint density at radius 2 is 2.24 bits per heavy atom. The number of halogens is 1. The third-order valence-corrected chi connectivity index (χ3v) is 3.10. The maximum Gasteiger partial charge on any atom is 0.137 e. The molecule has 3 nitrogen and oxygen atoms in total. The highest BCUT2D eigenvalue weighted by atomic mass is 35.5. The average Bonchev–Trinajstić information content (AvgIpc) is 2.33. The van der Waals surface area contributed by atoms with Gasteiger partial charge in [-0.25, -0.2) is 0 Å². The van der Waals surface area contributed by atoms with Crippen LogP contribution in [-0.2, 0) is 0 Å². The monoisotopic (exact) mass is 252 g/mol. The van der Waals surface area contributed by atoms with Gasteiger partial charge in [-0.05, 0) is 43.7 Å². The predicted molar refractivity (Wildman–Crippen MR) is 69.4 cm³/mol. The first-order valence-electron chi connectivity index (χ1n) is 5.52. The summed E-state index contributed by atoms with van der Waals surface area (Å²) >= 11 is 6.12. The normalized spacial score (nSPS) is 11.9. The molecule has 0 saturated heterocycles. The van der Waals surface area contributed by atoms with E-state index in [-0.39, 0.29) is 6.04 Å². The van der Waals surface area contributed by atoms with Gasteiger partial charge in [0.05, 0.1) is 18.2 Å². The van der Waals surface area contributed by atoms with E-state index in [1.165, 1.54) is 0 Å². The fourth-order valence-electron chi connectivity index (χ4n) is 1.87. The first kappa shape index (κ1) is 13.8. The van der Waals surface area contributed by atoms with E-state index in [1.807, 2.05) is 26.1 Å². The number of ether oxygens (including phenoxy) is 1. The third kappa shape index (κ3) is 3.36. The van der Waals surface area contributed by atoms with E-state index in [2.05, 4.69) is 11.4 Å². The van der Waals surface area contributed by atoms with Crippen LogP contribution in [0.2, 0.25) is 5.02 Å². The zero-order valence-corrected chi connectivity index (χ0v) is 11.1. The quantitative estimate of drug-likeness (QED) is 0.875. The molecule has 0 aliphatic carbocycles. The van der Waals surface area contributed by atoms with Crippen molar-refractivity contribution in [1.82, 2.24) is 5.32 Å². The fraction of sp³-hybridized carbons (Fsp3) is 0.462. The second-order valence-corrected chi connectivity index (χ2v) is 4.29. The van der Waals surface area contributed by atoms with E-state index in [4.69, 9.17) is 21.6 Å². The van der Waals surface area contributed by atoms with E-state index in [9.17, 15) is 0 Å². The molecule has 0 saturated carbocycles. The van der Waals surface area contributed by atoms with Crippen LogP contribution < -0.4 is 10.1 Å². The van der Waals surface area contributed by atoms with E-state index >= 15 is 0 Å². The second-order valence-electron chi connectivity index (χ2n) is 3.88. The summed E-state index contributed by atoms with van der Waals surface area (Å²) in [6, 6.07) is 6.15. The topological polar surface area (TPSA) is 45.0 Å². The van der Waals surface area contributed by atoms with Gasteiger partial charge in [-0.3, -0.25) is 0 Å². The Labute approximate surface area is 107 Å². The van der Waals surface area contributed by atoms with Gasteiger partial charge < -0.3 is 10.1 Å². The highest BCUT2D eigenvalue weighted by Crippen LogP contribution is 2.32. The van der Waals surface area contributed by atoms with Crippen LogP contribution >= 0.6 is 11.6 Å². The molecule has 1 aromatic rings. The molecule has 1 aromatic carbocycles. The molecule has 0 amide bonds. The van der Waals surface area contributed by atoms with Crippen LogP contribution in [0.5, 0.6) is 5.75 Å². The molecule has 1 rings (SSSR count). The maximum atomic E-state index is 8.64. The van der Waals surface area contributed by atoms with Crippen LogP contribution in [0.15, 0.2) is 12.1 Å². The van der Waals surface area contributed by atoms with Gasteiger partial charge in [0.25, 0.3) is 0 Å². The number of nitrogens with one attached hydrogen (secondary N) is 1. The third-order valence-electron chi connectivity index (χ3n) is 2.81. The number of benzene rings is 1. The number of hydrogen-bond donors (Lipinski definition) is 1. The summed E-state index contributed by atoms with van der Waals surface area (Å²) in [5.74, 6) is 0.683. The SMILES string of the molecule is CNC(CCC#N)c1cc(Cl)c(OC)cc1C. The van der Waals surface area contributed by atoms with Crippen molar-refractivity contribution in [2.24, 2.45) is 0 Å². The fourth-order valence-corrected chi connectivity index (χ4v) is 2.12. The van der Waals surface area contributed by atoms with Crippen LogP contribution in [0.3, 0.4) is 0 Å². The number of aryl methyl sites for hydroxylation is 1. The zero-order valence-electron chi connectivity index (χ0n) is 10.4. The van der Waals surface area contributed by atoms with Crippen LogP contribution in [0.1, 0.15) is 30.0 Å². The van der Waals surface area contributed by atoms with Crippen molar-refractivity contribution in [2.45, 2.75) is 25.8 Å². The molecule has 0 aliphatic heterocycles. The molecule has 1 atom stereocenters. The van der Waals surface area contributed by atoms with Crippen molar-refractivity contribution in [3.05, 3.63) is 28.3 Å². The Bertz CT molecular complexity index is 426. The van der Waals surface area contributed by atoms with Crippen molar-refractivity contribution in [1.29, 1.82) is 5.26 Å². The number of rotatable bonds is 5. The molecular formula is C13H17ClN2O.